The van der Waals surface area contributed by atoms with Crippen LogP contribution < -0.4 is 4.90 Å². The molecule has 2 aromatic rings. The van der Waals surface area contributed by atoms with Gasteiger partial charge in [0.15, 0.2) is 0 Å². The number of aryl methyl sites for hydroxylation is 2. The number of amides is 1. The average Bonchev–Trinajstić information content (AvgIpc) is 2.46. The fourth-order valence-electron chi connectivity index (χ4n) is 1.96. The largest absolute Gasteiger partial charge is 0.311 e. The highest BCUT2D eigenvalue weighted by Crippen LogP contribution is 2.17. The molecule has 0 bridgehead atoms. The maximum Gasteiger partial charge on any atom is 0.258 e. The van der Waals surface area contributed by atoms with Crippen molar-refractivity contribution < 1.29 is 4.79 Å². The molecule has 0 fully saturated rings. The number of carbonyl (C=O) groups excluding carboxylic acids is 1. The van der Waals surface area contributed by atoms with Gasteiger partial charge in [0.25, 0.3) is 5.91 Å². The zero-order valence-electron chi connectivity index (χ0n) is 11.7. The van der Waals surface area contributed by atoms with E-state index in [1.54, 1.807) is 4.90 Å². The summed E-state index contributed by atoms with van der Waals surface area (Å²) in [6.45, 7) is 4.14. The van der Waals surface area contributed by atoms with Crippen molar-refractivity contribution in [1.82, 2.24) is 0 Å². The van der Waals surface area contributed by atoms with Crippen molar-refractivity contribution in [3.8, 4) is 0 Å². The molecule has 0 heterocycles. The van der Waals surface area contributed by atoms with Crippen LogP contribution in [0, 0.1) is 6.92 Å². The molecule has 0 unspecified atom stereocenters. The third-order valence-corrected chi connectivity index (χ3v) is 3.34. The number of benzene rings is 2. The molecule has 0 saturated heterocycles. The number of hydrogen-bond acceptors (Lipinski definition) is 1. The monoisotopic (exact) mass is 253 g/mol. The first-order valence-corrected chi connectivity index (χ1v) is 6.55. The zero-order valence-corrected chi connectivity index (χ0v) is 11.7. The van der Waals surface area contributed by atoms with Gasteiger partial charge in [-0.25, -0.2) is 0 Å². The first-order chi connectivity index (χ1) is 9.11. The first-order valence-electron chi connectivity index (χ1n) is 6.55. The van der Waals surface area contributed by atoms with E-state index in [1.165, 1.54) is 5.56 Å². The SMILES string of the molecule is CCc1ccc(N(C)C(=O)c2ccc(C)cc2)cc1. The zero-order chi connectivity index (χ0) is 13.8. The molecule has 1 amide bonds. The van der Waals surface area contributed by atoms with Crippen molar-refractivity contribution in [1.29, 1.82) is 0 Å². The molecule has 2 rings (SSSR count). The molecule has 0 aliphatic carbocycles. The van der Waals surface area contributed by atoms with Gasteiger partial charge in [0, 0.05) is 18.3 Å². The van der Waals surface area contributed by atoms with E-state index in [0.29, 0.717) is 5.56 Å². The number of anilines is 1. The summed E-state index contributed by atoms with van der Waals surface area (Å²) < 4.78 is 0. The molecule has 0 saturated carbocycles. The van der Waals surface area contributed by atoms with E-state index in [0.717, 1.165) is 17.7 Å². The number of rotatable bonds is 3. The van der Waals surface area contributed by atoms with Gasteiger partial charge in [0.1, 0.15) is 0 Å². The fourth-order valence-corrected chi connectivity index (χ4v) is 1.96. The minimum atomic E-state index is 0.0178. The number of carbonyl (C=O) groups is 1. The van der Waals surface area contributed by atoms with E-state index in [9.17, 15) is 4.79 Å². The topological polar surface area (TPSA) is 20.3 Å². The predicted octanol–water partition coefficient (Wildman–Crippen LogP) is 3.83. The normalized spacial score (nSPS) is 10.3. The standard InChI is InChI=1S/C17H19NO/c1-4-14-7-11-16(12-8-14)18(3)17(19)15-9-5-13(2)6-10-15/h5-12H,4H2,1-3H3. The van der Waals surface area contributed by atoms with Crippen molar-refractivity contribution in [3.05, 3.63) is 65.2 Å². The lowest BCUT2D eigenvalue weighted by Gasteiger charge is -2.17. The second-order valence-electron chi connectivity index (χ2n) is 4.75. The van der Waals surface area contributed by atoms with Crippen LogP contribution in [0.3, 0.4) is 0 Å². The lowest BCUT2D eigenvalue weighted by Crippen LogP contribution is -2.26. The van der Waals surface area contributed by atoms with Gasteiger partial charge in [0.05, 0.1) is 0 Å². The lowest BCUT2D eigenvalue weighted by molar-refractivity contribution is 0.0993. The molecule has 0 aromatic heterocycles. The van der Waals surface area contributed by atoms with Crippen LogP contribution >= 0.6 is 0 Å². The molecule has 98 valence electrons. The van der Waals surface area contributed by atoms with Crippen molar-refractivity contribution in [3.63, 3.8) is 0 Å². The average molecular weight is 253 g/mol. The Morgan fingerprint density at radius 3 is 2.11 bits per heavy atom. The summed E-state index contributed by atoms with van der Waals surface area (Å²) in [5, 5.41) is 0. The van der Waals surface area contributed by atoms with Crippen LogP contribution in [0.4, 0.5) is 5.69 Å². The molecule has 0 N–H and O–H groups in total. The summed E-state index contributed by atoms with van der Waals surface area (Å²) in [7, 11) is 1.81. The minimum absolute atomic E-state index is 0.0178. The van der Waals surface area contributed by atoms with Gasteiger partial charge in [-0.2, -0.15) is 0 Å². The Kier molecular flexibility index (Phi) is 4.00. The molecular weight excluding hydrogens is 234 g/mol. The van der Waals surface area contributed by atoms with Crippen LogP contribution in [0.2, 0.25) is 0 Å². The van der Waals surface area contributed by atoms with E-state index in [2.05, 4.69) is 19.1 Å². The smallest absolute Gasteiger partial charge is 0.258 e. The quantitative estimate of drug-likeness (QED) is 0.814. The van der Waals surface area contributed by atoms with E-state index in [4.69, 9.17) is 0 Å². The van der Waals surface area contributed by atoms with Crippen molar-refractivity contribution >= 4 is 11.6 Å². The molecule has 0 atom stereocenters. The van der Waals surface area contributed by atoms with Crippen LogP contribution in [-0.2, 0) is 6.42 Å². The summed E-state index contributed by atoms with van der Waals surface area (Å²) in [4.78, 5) is 14.0. The van der Waals surface area contributed by atoms with Gasteiger partial charge < -0.3 is 4.90 Å². The molecule has 2 heteroatoms. The van der Waals surface area contributed by atoms with E-state index >= 15 is 0 Å². The molecule has 2 nitrogen and oxygen atoms in total. The Labute approximate surface area is 114 Å². The second kappa shape index (κ2) is 5.70. The molecule has 0 spiro atoms. The Hall–Kier alpha value is -2.09. The Balaban J connectivity index is 2.20. The first kappa shape index (κ1) is 13.3. The summed E-state index contributed by atoms with van der Waals surface area (Å²) in [6, 6.07) is 15.8. The van der Waals surface area contributed by atoms with Crippen molar-refractivity contribution in [2.24, 2.45) is 0 Å². The Morgan fingerprint density at radius 2 is 1.58 bits per heavy atom. The predicted molar refractivity (Wildman–Crippen MR) is 79.7 cm³/mol. The van der Waals surface area contributed by atoms with Gasteiger partial charge in [0.2, 0.25) is 0 Å². The second-order valence-corrected chi connectivity index (χ2v) is 4.75. The highest BCUT2D eigenvalue weighted by Gasteiger charge is 2.12. The van der Waals surface area contributed by atoms with E-state index < -0.39 is 0 Å². The summed E-state index contributed by atoms with van der Waals surface area (Å²) in [6.07, 6.45) is 1.01. The molecule has 0 aliphatic heterocycles. The molecule has 0 aliphatic rings. The van der Waals surface area contributed by atoms with Crippen LogP contribution in [0.1, 0.15) is 28.4 Å². The third kappa shape index (κ3) is 3.02. The minimum Gasteiger partial charge on any atom is -0.311 e. The summed E-state index contributed by atoms with van der Waals surface area (Å²) >= 11 is 0. The maximum atomic E-state index is 12.3. The van der Waals surface area contributed by atoms with Crippen LogP contribution in [0.25, 0.3) is 0 Å². The summed E-state index contributed by atoms with van der Waals surface area (Å²) in [5.41, 5.74) is 4.07. The Morgan fingerprint density at radius 1 is 1.00 bits per heavy atom. The van der Waals surface area contributed by atoms with Crippen LogP contribution in [0.5, 0.6) is 0 Å². The van der Waals surface area contributed by atoms with E-state index in [-0.39, 0.29) is 5.91 Å². The Bertz CT molecular complexity index is 555. The fraction of sp³-hybridized carbons (Fsp3) is 0.235. The molecular formula is C17H19NO. The van der Waals surface area contributed by atoms with Gasteiger partial charge in [-0.05, 0) is 43.2 Å². The van der Waals surface area contributed by atoms with Gasteiger partial charge >= 0.3 is 0 Å². The van der Waals surface area contributed by atoms with Crippen LogP contribution in [0.15, 0.2) is 48.5 Å². The summed E-state index contributed by atoms with van der Waals surface area (Å²) in [5.74, 6) is 0.0178. The number of nitrogens with zero attached hydrogens (tertiary/aromatic N) is 1. The maximum absolute atomic E-state index is 12.3. The third-order valence-electron chi connectivity index (χ3n) is 3.34. The highest BCUT2D eigenvalue weighted by molar-refractivity contribution is 6.05. The van der Waals surface area contributed by atoms with E-state index in [1.807, 2.05) is 50.4 Å². The molecule has 19 heavy (non-hydrogen) atoms. The molecule has 0 radical (unpaired) electrons. The van der Waals surface area contributed by atoms with Crippen molar-refractivity contribution in [2.45, 2.75) is 20.3 Å². The van der Waals surface area contributed by atoms with Gasteiger partial charge in [-0.15, -0.1) is 0 Å². The highest BCUT2D eigenvalue weighted by atomic mass is 16.2. The van der Waals surface area contributed by atoms with Gasteiger partial charge in [-0.3, -0.25) is 4.79 Å². The van der Waals surface area contributed by atoms with Crippen LogP contribution in [-0.4, -0.2) is 13.0 Å². The van der Waals surface area contributed by atoms with Crippen molar-refractivity contribution in [2.75, 3.05) is 11.9 Å². The molecule has 2 aromatic carbocycles. The number of hydrogen-bond donors (Lipinski definition) is 0. The lowest BCUT2D eigenvalue weighted by atomic mass is 10.1. The van der Waals surface area contributed by atoms with Gasteiger partial charge in [-0.1, -0.05) is 36.8 Å².